The zero-order valence-corrected chi connectivity index (χ0v) is 24.6. The van der Waals surface area contributed by atoms with E-state index in [9.17, 15) is 9.59 Å². The number of rotatable bonds is 12. The molecule has 1 aliphatic carbocycles. The standard InChI is InChI=1S/C32H43N7O3/c1-32(2,30(40)34-15-6-14-33)42-29-11-4-10-28(18-29)38-16-5-9-26(22-38)37-31(41)39(27-12-13-27)21-23-7-3-8-24(17-23)25-19-35-36-20-25/h3-4,7-8,10-11,17-20,26-27H,5-6,9,12-16,21-22,33H2,1-2H3,(H,34,40)(H,35,36)(H,37,41)/t26-/m1/s1. The summed E-state index contributed by atoms with van der Waals surface area (Å²) in [5.74, 6) is 0.464. The molecular weight excluding hydrogens is 530 g/mol. The third-order valence-corrected chi connectivity index (χ3v) is 7.88. The number of ether oxygens (including phenoxy) is 1. The summed E-state index contributed by atoms with van der Waals surface area (Å²) in [5.41, 5.74) is 8.76. The quantitative estimate of drug-likeness (QED) is 0.242. The molecule has 3 aromatic rings. The number of amides is 3. The summed E-state index contributed by atoms with van der Waals surface area (Å²) in [4.78, 5) is 30.4. The van der Waals surface area contributed by atoms with Crippen molar-refractivity contribution in [1.82, 2.24) is 25.7 Å². The Hall–Kier alpha value is -4.05. The van der Waals surface area contributed by atoms with Gasteiger partial charge in [0.25, 0.3) is 5.91 Å². The third-order valence-electron chi connectivity index (χ3n) is 7.88. The average Bonchev–Trinajstić information content (AvgIpc) is 3.68. The predicted octanol–water partition coefficient (Wildman–Crippen LogP) is 4.04. The van der Waals surface area contributed by atoms with E-state index in [-0.39, 0.29) is 24.0 Å². The molecule has 0 bridgehead atoms. The zero-order valence-electron chi connectivity index (χ0n) is 24.6. The lowest BCUT2D eigenvalue weighted by Crippen LogP contribution is -2.52. The number of nitrogens with one attached hydrogen (secondary N) is 3. The van der Waals surface area contributed by atoms with Crippen LogP contribution in [0.4, 0.5) is 10.5 Å². The molecule has 2 aromatic carbocycles. The number of anilines is 1. The van der Waals surface area contributed by atoms with Gasteiger partial charge in [0.2, 0.25) is 0 Å². The van der Waals surface area contributed by atoms with Crippen molar-refractivity contribution in [3.8, 4) is 16.9 Å². The van der Waals surface area contributed by atoms with Gasteiger partial charge in [-0.2, -0.15) is 5.10 Å². The van der Waals surface area contributed by atoms with Gasteiger partial charge in [0.1, 0.15) is 5.75 Å². The minimum atomic E-state index is -1.02. The fourth-order valence-corrected chi connectivity index (χ4v) is 5.40. The number of H-pyrrole nitrogens is 1. The van der Waals surface area contributed by atoms with Crippen LogP contribution in [0.1, 0.15) is 51.5 Å². The lowest BCUT2D eigenvalue weighted by atomic mass is 10.0. The van der Waals surface area contributed by atoms with Crippen LogP contribution in [-0.4, -0.2) is 70.9 Å². The zero-order chi connectivity index (χ0) is 29.5. The molecule has 1 aliphatic heterocycles. The van der Waals surface area contributed by atoms with Gasteiger partial charge in [-0.25, -0.2) is 4.79 Å². The predicted molar refractivity (Wildman–Crippen MR) is 164 cm³/mol. The Morgan fingerprint density at radius 2 is 1.98 bits per heavy atom. The first kappa shape index (κ1) is 29.4. The number of benzene rings is 2. The topological polar surface area (TPSA) is 129 Å². The van der Waals surface area contributed by atoms with Gasteiger partial charge in [0.05, 0.1) is 6.20 Å². The van der Waals surface area contributed by atoms with Crippen LogP contribution in [0, 0.1) is 0 Å². The van der Waals surface area contributed by atoms with E-state index in [4.69, 9.17) is 10.5 Å². The van der Waals surface area contributed by atoms with E-state index in [0.717, 1.165) is 61.0 Å². The van der Waals surface area contributed by atoms with Crippen LogP contribution < -0.4 is 26.0 Å². The van der Waals surface area contributed by atoms with E-state index >= 15 is 0 Å². The molecule has 1 aromatic heterocycles. The molecule has 5 N–H and O–H groups in total. The number of hydrogen-bond acceptors (Lipinski definition) is 6. The van der Waals surface area contributed by atoms with Crippen LogP contribution in [0.2, 0.25) is 0 Å². The Morgan fingerprint density at radius 3 is 2.74 bits per heavy atom. The Morgan fingerprint density at radius 1 is 1.14 bits per heavy atom. The average molecular weight is 574 g/mol. The Labute approximate surface area is 248 Å². The van der Waals surface area contributed by atoms with Crippen molar-refractivity contribution in [2.45, 2.75) is 70.2 Å². The summed E-state index contributed by atoms with van der Waals surface area (Å²) < 4.78 is 6.12. The maximum absolute atomic E-state index is 13.5. The minimum absolute atomic E-state index is 0.00227. The highest BCUT2D eigenvalue weighted by molar-refractivity contribution is 5.84. The van der Waals surface area contributed by atoms with Crippen molar-refractivity contribution < 1.29 is 14.3 Å². The van der Waals surface area contributed by atoms with Crippen molar-refractivity contribution >= 4 is 17.6 Å². The molecule has 2 aliphatic rings. The molecule has 2 heterocycles. The summed E-state index contributed by atoms with van der Waals surface area (Å²) in [5, 5.41) is 13.1. The number of carbonyl (C=O) groups is 2. The van der Waals surface area contributed by atoms with Gasteiger partial charge in [-0.3, -0.25) is 9.89 Å². The monoisotopic (exact) mass is 573 g/mol. The number of aromatic nitrogens is 2. The highest BCUT2D eigenvalue weighted by atomic mass is 16.5. The molecule has 2 fully saturated rings. The van der Waals surface area contributed by atoms with Gasteiger partial charge < -0.3 is 30.9 Å². The van der Waals surface area contributed by atoms with E-state index in [1.165, 1.54) is 0 Å². The Kier molecular flexibility index (Phi) is 9.31. The molecule has 42 heavy (non-hydrogen) atoms. The van der Waals surface area contributed by atoms with Gasteiger partial charge in [0, 0.05) is 61.8 Å². The van der Waals surface area contributed by atoms with E-state index in [0.29, 0.717) is 31.9 Å². The second-order valence-electron chi connectivity index (χ2n) is 11.8. The van der Waals surface area contributed by atoms with Crippen molar-refractivity contribution in [2.24, 2.45) is 5.73 Å². The van der Waals surface area contributed by atoms with E-state index in [1.54, 1.807) is 13.8 Å². The summed E-state index contributed by atoms with van der Waals surface area (Å²) in [7, 11) is 0. The molecular formula is C32H43N7O3. The van der Waals surface area contributed by atoms with E-state index < -0.39 is 5.60 Å². The number of aromatic amines is 1. The molecule has 1 saturated carbocycles. The summed E-state index contributed by atoms with van der Waals surface area (Å²) in [6.07, 6.45) is 8.40. The van der Waals surface area contributed by atoms with Crippen LogP contribution in [0.25, 0.3) is 11.1 Å². The van der Waals surface area contributed by atoms with Crippen LogP contribution in [0.15, 0.2) is 60.9 Å². The molecule has 10 nitrogen and oxygen atoms in total. The first-order valence-corrected chi connectivity index (χ1v) is 15.0. The van der Waals surface area contributed by atoms with Crippen molar-refractivity contribution in [1.29, 1.82) is 0 Å². The van der Waals surface area contributed by atoms with Gasteiger partial charge in [-0.05, 0) is 81.8 Å². The lowest BCUT2D eigenvalue weighted by Gasteiger charge is -2.36. The largest absolute Gasteiger partial charge is 0.478 e. The Balaban J connectivity index is 1.19. The molecule has 1 saturated heterocycles. The minimum Gasteiger partial charge on any atom is -0.478 e. The van der Waals surface area contributed by atoms with E-state index in [1.807, 2.05) is 41.6 Å². The second-order valence-corrected chi connectivity index (χ2v) is 11.8. The summed E-state index contributed by atoms with van der Waals surface area (Å²) in [6.45, 7) is 6.78. The smallest absolute Gasteiger partial charge is 0.318 e. The number of hydrogen-bond donors (Lipinski definition) is 4. The van der Waals surface area contributed by atoms with Crippen molar-refractivity contribution in [2.75, 3.05) is 31.1 Å². The normalized spacial score (nSPS) is 17.0. The van der Waals surface area contributed by atoms with Crippen LogP contribution in [0.3, 0.4) is 0 Å². The fourth-order valence-electron chi connectivity index (χ4n) is 5.40. The number of piperidine rings is 1. The second kappa shape index (κ2) is 13.3. The third kappa shape index (κ3) is 7.61. The first-order valence-electron chi connectivity index (χ1n) is 15.0. The molecule has 0 radical (unpaired) electrons. The lowest BCUT2D eigenvalue weighted by molar-refractivity contribution is -0.134. The number of urea groups is 1. The first-order chi connectivity index (χ1) is 20.3. The number of carbonyl (C=O) groups excluding carboxylic acids is 2. The van der Waals surface area contributed by atoms with Gasteiger partial charge in [0.15, 0.2) is 5.60 Å². The molecule has 5 rings (SSSR count). The summed E-state index contributed by atoms with van der Waals surface area (Å²) in [6, 6.07) is 16.5. The highest BCUT2D eigenvalue weighted by Crippen LogP contribution is 2.30. The molecule has 0 unspecified atom stereocenters. The highest BCUT2D eigenvalue weighted by Gasteiger charge is 2.34. The van der Waals surface area contributed by atoms with Gasteiger partial charge in [-0.15, -0.1) is 0 Å². The number of nitrogens with zero attached hydrogens (tertiary/aromatic N) is 3. The van der Waals surface area contributed by atoms with Gasteiger partial charge >= 0.3 is 6.03 Å². The van der Waals surface area contributed by atoms with Crippen LogP contribution in [-0.2, 0) is 11.3 Å². The Bertz CT molecular complexity index is 1340. The van der Waals surface area contributed by atoms with Crippen molar-refractivity contribution in [3.05, 3.63) is 66.5 Å². The molecule has 10 heteroatoms. The SMILES string of the molecule is CC(C)(Oc1cccc(N2CCC[C@@H](NC(=O)N(Cc3cccc(-c4cn[nH]c4)c3)C3CC3)C2)c1)C(=O)NCCCN. The molecule has 0 spiro atoms. The maximum atomic E-state index is 13.5. The number of nitrogens with two attached hydrogens (primary N) is 1. The molecule has 3 amide bonds. The molecule has 224 valence electrons. The van der Waals surface area contributed by atoms with Crippen LogP contribution >= 0.6 is 0 Å². The fraction of sp³-hybridized carbons (Fsp3) is 0.469. The summed E-state index contributed by atoms with van der Waals surface area (Å²) >= 11 is 0. The van der Waals surface area contributed by atoms with Crippen molar-refractivity contribution in [3.63, 3.8) is 0 Å². The van der Waals surface area contributed by atoms with Gasteiger partial charge in [-0.1, -0.05) is 24.3 Å². The van der Waals surface area contributed by atoms with Crippen LogP contribution in [0.5, 0.6) is 5.75 Å². The van der Waals surface area contributed by atoms with E-state index in [2.05, 4.69) is 50.0 Å². The molecule has 1 atom stereocenters. The maximum Gasteiger partial charge on any atom is 0.318 e.